The van der Waals surface area contributed by atoms with Gasteiger partial charge in [-0.15, -0.1) is 0 Å². The maximum atomic E-state index is 5.86. The van der Waals surface area contributed by atoms with Crippen LogP contribution < -0.4 is 15.0 Å². The molecule has 1 fully saturated rings. The van der Waals surface area contributed by atoms with E-state index >= 15 is 0 Å². The Morgan fingerprint density at radius 2 is 2.16 bits per heavy atom. The van der Waals surface area contributed by atoms with E-state index in [-0.39, 0.29) is 6.10 Å². The maximum Gasteiger partial charge on any atom is 0.171 e. The van der Waals surface area contributed by atoms with Crippen LogP contribution in [0.1, 0.15) is 26.7 Å². The number of nitrogens with zero attached hydrogens (tertiary/aromatic N) is 2. The zero-order valence-corrected chi connectivity index (χ0v) is 12.2. The molecule has 0 aromatic carbocycles. The first-order chi connectivity index (χ1) is 9.20. The summed E-state index contributed by atoms with van der Waals surface area (Å²) in [5.41, 5.74) is 0. The van der Waals surface area contributed by atoms with E-state index < -0.39 is 0 Å². The van der Waals surface area contributed by atoms with Gasteiger partial charge in [0, 0.05) is 19.3 Å². The number of pyridine rings is 1. The van der Waals surface area contributed by atoms with Crippen LogP contribution in [0.5, 0.6) is 5.75 Å². The summed E-state index contributed by atoms with van der Waals surface area (Å²) in [7, 11) is 2.03. The molecule has 0 bridgehead atoms. The van der Waals surface area contributed by atoms with Crippen molar-refractivity contribution < 1.29 is 4.74 Å². The van der Waals surface area contributed by atoms with Gasteiger partial charge in [-0.3, -0.25) is 0 Å². The van der Waals surface area contributed by atoms with E-state index in [1.807, 2.05) is 25.4 Å². The van der Waals surface area contributed by atoms with Crippen LogP contribution in [0.15, 0.2) is 18.3 Å². The maximum absolute atomic E-state index is 5.86. The Kier molecular flexibility index (Phi) is 5.02. The summed E-state index contributed by atoms with van der Waals surface area (Å²) in [4.78, 5) is 6.86. The van der Waals surface area contributed by atoms with Crippen molar-refractivity contribution in [1.82, 2.24) is 10.3 Å². The van der Waals surface area contributed by atoms with Crippen LogP contribution in [-0.4, -0.2) is 37.8 Å². The second-order valence-electron chi connectivity index (χ2n) is 5.48. The molecule has 0 atom stereocenters. The molecule has 1 aliphatic rings. The molecule has 0 amide bonds. The van der Waals surface area contributed by atoms with Crippen molar-refractivity contribution in [2.24, 2.45) is 5.92 Å². The normalized spacial score (nSPS) is 16.9. The predicted molar refractivity (Wildman–Crippen MR) is 78.9 cm³/mol. The van der Waals surface area contributed by atoms with Crippen LogP contribution in [0.25, 0.3) is 0 Å². The van der Waals surface area contributed by atoms with Gasteiger partial charge >= 0.3 is 0 Å². The summed E-state index contributed by atoms with van der Waals surface area (Å²) in [6.45, 7) is 7.35. The molecule has 2 rings (SSSR count). The Bertz CT molecular complexity index is 387. The number of hydrogen-bond donors (Lipinski definition) is 1. The van der Waals surface area contributed by atoms with Crippen molar-refractivity contribution in [2.45, 2.75) is 32.8 Å². The summed E-state index contributed by atoms with van der Waals surface area (Å²) < 4.78 is 5.86. The first-order valence-corrected chi connectivity index (χ1v) is 7.22. The molecule has 0 radical (unpaired) electrons. The average Bonchev–Trinajstić information content (AvgIpc) is 2.40. The fourth-order valence-corrected chi connectivity index (χ4v) is 2.60. The molecule has 1 aliphatic heterocycles. The van der Waals surface area contributed by atoms with Crippen molar-refractivity contribution in [1.29, 1.82) is 0 Å². The van der Waals surface area contributed by atoms with Crippen LogP contribution in [0.4, 0.5) is 5.82 Å². The first-order valence-electron chi connectivity index (χ1n) is 7.22. The van der Waals surface area contributed by atoms with Gasteiger partial charge in [0.25, 0.3) is 0 Å². The van der Waals surface area contributed by atoms with Gasteiger partial charge in [-0.1, -0.05) is 0 Å². The predicted octanol–water partition coefficient (Wildman–Crippen LogP) is 2.30. The highest BCUT2D eigenvalue weighted by Gasteiger charge is 2.22. The number of aromatic nitrogens is 1. The van der Waals surface area contributed by atoms with Crippen molar-refractivity contribution in [3.05, 3.63) is 18.3 Å². The molecule has 0 aliphatic carbocycles. The van der Waals surface area contributed by atoms with Gasteiger partial charge in [-0.2, -0.15) is 0 Å². The van der Waals surface area contributed by atoms with E-state index in [9.17, 15) is 0 Å². The second kappa shape index (κ2) is 6.75. The van der Waals surface area contributed by atoms with Crippen molar-refractivity contribution >= 4 is 5.82 Å². The summed E-state index contributed by atoms with van der Waals surface area (Å²) in [6, 6.07) is 3.96. The molecule has 1 aromatic rings. The fraction of sp³-hybridized carbons (Fsp3) is 0.667. The van der Waals surface area contributed by atoms with Crippen molar-refractivity contribution in [2.75, 3.05) is 31.6 Å². The summed E-state index contributed by atoms with van der Waals surface area (Å²) in [5.74, 6) is 2.70. The molecule has 106 valence electrons. The third-order valence-corrected chi connectivity index (χ3v) is 3.52. The number of rotatable bonds is 5. The van der Waals surface area contributed by atoms with E-state index in [0.717, 1.165) is 37.1 Å². The molecule has 2 heterocycles. The monoisotopic (exact) mass is 263 g/mol. The minimum Gasteiger partial charge on any atom is -0.487 e. The lowest BCUT2D eigenvalue weighted by Crippen LogP contribution is -2.37. The Hall–Kier alpha value is -1.29. The Morgan fingerprint density at radius 3 is 2.79 bits per heavy atom. The van der Waals surface area contributed by atoms with Gasteiger partial charge in [0.2, 0.25) is 0 Å². The second-order valence-corrected chi connectivity index (χ2v) is 5.48. The molecule has 0 spiro atoms. The topological polar surface area (TPSA) is 37.4 Å². The minimum absolute atomic E-state index is 0.185. The highest BCUT2D eigenvalue weighted by molar-refractivity contribution is 5.52. The highest BCUT2D eigenvalue weighted by Crippen LogP contribution is 2.29. The fourth-order valence-electron chi connectivity index (χ4n) is 2.60. The molecule has 0 unspecified atom stereocenters. The average molecular weight is 263 g/mol. The van der Waals surface area contributed by atoms with Crippen LogP contribution in [0.3, 0.4) is 0 Å². The lowest BCUT2D eigenvalue weighted by molar-refractivity contribution is 0.241. The number of piperidine rings is 1. The molecule has 0 saturated carbocycles. The van der Waals surface area contributed by atoms with Crippen molar-refractivity contribution in [3.63, 3.8) is 0 Å². The minimum atomic E-state index is 0.185. The van der Waals surface area contributed by atoms with Crippen molar-refractivity contribution in [3.8, 4) is 5.75 Å². The zero-order valence-electron chi connectivity index (χ0n) is 12.2. The smallest absolute Gasteiger partial charge is 0.171 e. The summed E-state index contributed by atoms with van der Waals surface area (Å²) in [6.07, 6.45) is 4.48. The number of nitrogens with one attached hydrogen (secondary N) is 1. The van der Waals surface area contributed by atoms with Gasteiger partial charge in [-0.25, -0.2) is 4.98 Å². The molecular weight excluding hydrogens is 238 g/mol. The molecule has 1 saturated heterocycles. The van der Waals surface area contributed by atoms with E-state index in [1.165, 1.54) is 12.8 Å². The number of anilines is 1. The third-order valence-electron chi connectivity index (χ3n) is 3.52. The summed E-state index contributed by atoms with van der Waals surface area (Å²) >= 11 is 0. The van der Waals surface area contributed by atoms with Crippen LogP contribution in [0, 0.1) is 5.92 Å². The van der Waals surface area contributed by atoms with Crippen LogP contribution in [0.2, 0.25) is 0 Å². The van der Waals surface area contributed by atoms with Gasteiger partial charge in [0.1, 0.15) is 0 Å². The number of ether oxygens (including phenoxy) is 1. The number of hydrogen-bond acceptors (Lipinski definition) is 4. The summed E-state index contributed by atoms with van der Waals surface area (Å²) in [5, 5.41) is 3.27. The third kappa shape index (κ3) is 3.83. The van der Waals surface area contributed by atoms with Gasteiger partial charge < -0.3 is 15.0 Å². The SMILES string of the molecule is CNCC1CCN(c2ncccc2OC(C)C)CC1. The molecule has 4 heteroatoms. The molecule has 4 nitrogen and oxygen atoms in total. The van der Waals surface area contributed by atoms with E-state index in [1.54, 1.807) is 0 Å². The Morgan fingerprint density at radius 1 is 1.42 bits per heavy atom. The quantitative estimate of drug-likeness (QED) is 0.884. The van der Waals surface area contributed by atoms with E-state index in [0.29, 0.717) is 0 Å². The zero-order chi connectivity index (χ0) is 13.7. The van der Waals surface area contributed by atoms with Gasteiger partial charge in [0.05, 0.1) is 6.10 Å². The Balaban J connectivity index is 2.02. The highest BCUT2D eigenvalue weighted by atomic mass is 16.5. The van der Waals surface area contributed by atoms with Gasteiger partial charge in [-0.05, 0) is 58.3 Å². The van der Waals surface area contributed by atoms with Crippen LogP contribution in [-0.2, 0) is 0 Å². The lowest BCUT2D eigenvalue weighted by Gasteiger charge is -2.33. The molecule has 1 N–H and O–H groups in total. The van der Waals surface area contributed by atoms with Gasteiger partial charge in [0.15, 0.2) is 11.6 Å². The van der Waals surface area contributed by atoms with E-state index in [4.69, 9.17) is 4.74 Å². The lowest BCUT2D eigenvalue weighted by atomic mass is 9.97. The largest absolute Gasteiger partial charge is 0.487 e. The molecular formula is C15H25N3O. The standard InChI is InChI=1S/C15H25N3O/c1-12(2)19-14-5-4-8-17-15(14)18-9-6-13(7-10-18)11-16-3/h4-5,8,12-13,16H,6-7,9-11H2,1-3H3. The molecule has 1 aromatic heterocycles. The Labute approximate surface area is 116 Å². The van der Waals surface area contributed by atoms with Crippen LogP contribution >= 0.6 is 0 Å². The molecule has 19 heavy (non-hydrogen) atoms. The first kappa shape index (κ1) is 14.1. The van der Waals surface area contributed by atoms with E-state index in [2.05, 4.69) is 29.0 Å².